The average molecular weight is 340 g/mol. The molecule has 1 aromatic carbocycles. The van der Waals surface area contributed by atoms with Gasteiger partial charge in [-0.25, -0.2) is 0 Å². The van der Waals surface area contributed by atoms with Gasteiger partial charge in [0.15, 0.2) is 0 Å². The van der Waals surface area contributed by atoms with Crippen LogP contribution in [0.15, 0.2) is 39.5 Å². The number of hydrogen-bond donors (Lipinski definition) is 1. The van der Waals surface area contributed by atoms with E-state index in [2.05, 4.69) is 21.2 Å². The summed E-state index contributed by atoms with van der Waals surface area (Å²) in [5.74, 6) is 0.696. The lowest BCUT2D eigenvalue weighted by atomic mass is 10.1. The maximum atomic E-state index is 12.1. The van der Waals surface area contributed by atoms with Gasteiger partial charge in [-0.3, -0.25) is 4.79 Å². The molecule has 3 nitrogen and oxygen atoms in total. The van der Waals surface area contributed by atoms with Crippen molar-refractivity contribution >= 4 is 33.2 Å². The summed E-state index contributed by atoms with van der Waals surface area (Å²) in [6.07, 6.45) is 0. The molecule has 1 aromatic heterocycles. The van der Waals surface area contributed by atoms with Gasteiger partial charge in [0.2, 0.25) is 0 Å². The lowest BCUT2D eigenvalue weighted by molar-refractivity contribution is 0.0940. The number of carbonyl (C=O) groups excluding carboxylic acids is 1. The molecule has 100 valence electrons. The van der Waals surface area contributed by atoms with E-state index in [4.69, 9.17) is 4.74 Å². The number of carbonyl (C=O) groups is 1. The first-order valence-corrected chi connectivity index (χ1v) is 7.47. The van der Waals surface area contributed by atoms with E-state index in [0.717, 1.165) is 15.1 Å². The molecule has 1 heterocycles. The number of benzene rings is 1. The highest BCUT2D eigenvalue weighted by atomic mass is 79.9. The molecule has 0 fully saturated rings. The molecule has 0 saturated carbocycles. The first kappa shape index (κ1) is 14.1. The highest BCUT2D eigenvalue weighted by Gasteiger charge is 2.15. The number of para-hydroxylation sites is 1. The summed E-state index contributed by atoms with van der Waals surface area (Å²) in [6, 6.07) is 9.39. The van der Waals surface area contributed by atoms with Crippen molar-refractivity contribution in [2.24, 2.45) is 0 Å². The van der Waals surface area contributed by atoms with Crippen LogP contribution in [0.1, 0.15) is 28.9 Å². The SMILES string of the molecule is COc1ccccc1C(C)NC(=O)c1csc(Br)c1. The fourth-order valence-corrected chi connectivity index (χ4v) is 2.95. The maximum Gasteiger partial charge on any atom is 0.252 e. The molecule has 0 saturated heterocycles. The second-order valence-corrected chi connectivity index (χ2v) is 6.37. The van der Waals surface area contributed by atoms with Crippen molar-refractivity contribution in [1.29, 1.82) is 0 Å². The van der Waals surface area contributed by atoms with Crippen molar-refractivity contribution in [3.8, 4) is 5.75 Å². The van der Waals surface area contributed by atoms with Crippen molar-refractivity contribution in [3.05, 3.63) is 50.6 Å². The smallest absolute Gasteiger partial charge is 0.252 e. The summed E-state index contributed by atoms with van der Waals surface area (Å²) in [5.41, 5.74) is 1.63. The van der Waals surface area contributed by atoms with E-state index in [1.807, 2.05) is 42.6 Å². The second kappa shape index (κ2) is 6.21. The Balaban J connectivity index is 2.12. The molecule has 1 N–H and O–H groups in total. The summed E-state index contributed by atoms with van der Waals surface area (Å²) >= 11 is 4.85. The van der Waals surface area contributed by atoms with Gasteiger partial charge in [-0.2, -0.15) is 0 Å². The Bertz CT molecular complexity index is 582. The highest BCUT2D eigenvalue weighted by Crippen LogP contribution is 2.25. The topological polar surface area (TPSA) is 38.3 Å². The number of nitrogens with one attached hydrogen (secondary N) is 1. The van der Waals surface area contributed by atoms with Gasteiger partial charge >= 0.3 is 0 Å². The van der Waals surface area contributed by atoms with Gasteiger partial charge in [0.05, 0.1) is 22.5 Å². The van der Waals surface area contributed by atoms with E-state index < -0.39 is 0 Å². The molecule has 1 amide bonds. The van der Waals surface area contributed by atoms with E-state index >= 15 is 0 Å². The maximum absolute atomic E-state index is 12.1. The largest absolute Gasteiger partial charge is 0.496 e. The van der Waals surface area contributed by atoms with Gasteiger partial charge in [-0.1, -0.05) is 18.2 Å². The molecule has 0 aliphatic rings. The van der Waals surface area contributed by atoms with Crippen LogP contribution >= 0.6 is 27.3 Å². The monoisotopic (exact) mass is 339 g/mol. The Morgan fingerprint density at radius 1 is 1.42 bits per heavy atom. The van der Waals surface area contributed by atoms with Gasteiger partial charge in [0, 0.05) is 10.9 Å². The molecule has 5 heteroatoms. The summed E-state index contributed by atoms with van der Waals surface area (Å²) < 4.78 is 6.25. The Labute approximate surface area is 124 Å². The average Bonchev–Trinajstić information content (AvgIpc) is 2.85. The van der Waals surface area contributed by atoms with Crippen molar-refractivity contribution < 1.29 is 9.53 Å². The Kier molecular flexibility index (Phi) is 4.61. The minimum absolute atomic E-state index is 0.0830. The van der Waals surface area contributed by atoms with Crippen molar-refractivity contribution in [3.63, 3.8) is 0 Å². The fourth-order valence-electron chi connectivity index (χ4n) is 1.81. The van der Waals surface area contributed by atoms with Gasteiger partial charge < -0.3 is 10.1 Å². The minimum Gasteiger partial charge on any atom is -0.496 e. The minimum atomic E-state index is -0.109. The lowest BCUT2D eigenvalue weighted by Crippen LogP contribution is -2.26. The molecular weight excluding hydrogens is 326 g/mol. The summed E-state index contributed by atoms with van der Waals surface area (Å²) in [6.45, 7) is 1.94. The van der Waals surface area contributed by atoms with Crippen LogP contribution in [0.25, 0.3) is 0 Å². The quantitative estimate of drug-likeness (QED) is 0.913. The van der Waals surface area contributed by atoms with E-state index in [1.165, 1.54) is 11.3 Å². The number of rotatable bonds is 4. The van der Waals surface area contributed by atoms with Crippen LogP contribution in [0.5, 0.6) is 5.75 Å². The number of halogens is 1. The Morgan fingerprint density at radius 3 is 2.79 bits per heavy atom. The van der Waals surface area contributed by atoms with E-state index in [9.17, 15) is 4.79 Å². The lowest BCUT2D eigenvalue weighted by Gasteiger charge is -2.16. The third-order valence-corrected chi connectivity index (χ3v) is 4.29. The number of hydrogen-bond acceptors (Lipinski definition) is 3. The van der Waals surface area contributed by atoms with Crippen molar-refractivity contribution in [2.75, 3.05) is 7.11 Å². The Morgan fingerprint density at radius 2 is 2.16 bits per heavy atom. The molecule has 1 atom stereocenters. The van der Waals surface area contributed by atoms with Crippen molar-refractivity contribution in [1.82, 2.24) is 5.32 Å². The van der Waals surface area contributed by atoms with E-state index in [1.54, 1.807) is 7.11 Å². The molecular formula is C14H14BrNO2S. The molecule has 1 unspecified atom stereocenters. The normalized spacial score (nSPS) is 11.9. The zero-order chi connectivity index (χ0) is 13.8. The summed E-state index contributed by atoms with van der Waals surface area (Å²) in [5, 5.41) is 4.80. The third-order valence-electron chi connectivity index (χ3n) is 2.78. The molecule has 2 aromatic rings. The van der Waals surface area contributed by atoms with E-state index in [-0.39, 0.29) is 11.9 Å². The first-order valence-electron chi connectivity index (χ1n) is 5.79. The zero-order valence-electron chi connectivity index (χ0n) is 10.6. The van der Waals surface area contributed by atoms with Gasteiger partial charge in [-0.05, 0) is 35.0 Å². The van der Waals surface area contributed by atoms with Gasteiger partial charge in [-0.15, -0.1) is 11.3 Å². The van der Waals surface area contributed by atoms with Gasteiger partial charge in [0.1, 0.15) is 5.75 Å². The van der Waals surface area contributed by atoms with Crippen LogP contribution < -0.4 is 10.1 Å². The van der Waals surface area contributed by atoms with Crippen LogP contribution in [-0.2, 0) is 0 Å². The third kappa shape index (κ3) is 3.36. The standard InChI is InChI=1S/C14H14BrNO2S/c1-9(11-5-3-4-6-12(11)18-2)16-14(17)10-7-13(15)19-8-10/h3-9H,1-2H3,(H,16,17). The molecule has 0 aliphatic heterocycles. The predicted octanol–water partition coefficient (Wildman–Crippen LogP) is 4.01. The van der Waals surface area contributed by atoms with Crippen LogP contribution in [0, 0.1) is 0 Å². The number of amides is 1. The number of methoxy groups -OCH3 is 1. The predicted molar refractivity (Wildman–Crippen MR) is 80.9 cm³/mol. The molecule has 0 bridgehead atoms. The van der Waals surface area contributed by atoms with Crippen LogP contribution in [0.2, 0.25) is 0 Å². The molecule has 2 rings (SSSR count). The van der Waals surface area contributed by atoms with Gasteiger partial charge in [0.25, 0.3) is 5.91 Å². The molecule has 0 spiro atoms. The Hall–Kier alpha value is -1.33. The molecule has 19 heavy (non-hydrogen) atoms. The van der Waals surface area contributed by atoms with Crippen LogP contribution in [0.4, 0.5) is 0 Å². The van der Waals surface area contributed by atoms with E-state index in [0.29, 0.717) is 5.56 Å². The summed E-state index contributed by atoms with van der Waals surface area (Å²) in [4.78, 5) is 12.1. The highest BCUT2D eigenvalue weighted by molar-refractivity contribution is 9.11. The molecule has 0 aliphatic carbocycles. The summed E-state index contributed by atoms with van der Waals surface area (Å²) in [7, 11) is 1.63. The molecule has 0 radical (unpaired) electrons. The first-order chi connectivity index (χ1) is 9.11. The second-order valence-electron chi connectivity index (χ2n) is 4.08. The van der Waals surface area contributed by atoms with Crippen LogP contribution in [-0.4, -0.2) is 13.0 Å². The number of ether oxygens (including phenoxy) is 1. The fraction of sp³-hybridized carbons (Fsp3) is 0.214. The zero-order valence-corrected chi connectivity index (χ0v) is 13.0. The van der Waals surface area contributed by atoms with Crippen LogP contribution in [0.3, 0.4) is 0 Å². The van der Waals surface area contributed by atoms with Crippen molar-refractivity contribution in [2.45, 2.75) is 13.0 Å². The number of thiophene rings is 1.